The Morgan fingerprint density at radius 2 is 2.19 bits per heavy atom. The number of pyridine rings is 1. The molecule has 0 amide bonds. The van der Waals surface area contributed by atoms with Crippen LogP contribution in [-0.2, 0) is 0 Å². The van der Waals surface area contributed by atoms with Crippen LogP contribution in [0.4, 0.5) is 5.69 Å². The number of aromatic nitrogens is 2. The van der Waals surface area contributed by atoms with Gasteiger partial charge in [-0.05, 0) is 32.4 Å². The van der Waals surface area contributed by atoms with Crippen LogP contribution in [0.1, 0.15) is 29.2 Å². The molecule has 2 aromatic rings. The van der Waals surface area contributed by atoms with E-state index in [0.717, 1.165) is 16.4 Å². The third-order valence-electron chi connectivity index (χ3n) is 2.49. The highest BCUT2D eigenvalue weighted by atomic mass is 32.1. The summed E-state index contributed by atoms with van der Waals surface area (Å²) in [6, 6.07) is 2.22. The van der Waals surface area contributed by atoms with E-state index in [4.69, 9.17) is 0 Å². The Kier molecular flexibility index (Phi) is 3.19. The molecule has 84 valence electrons. The lowest BCUT2D eigenvalue weighted by molar-refractivity contribution is 0.842. The van der Waals surface area contributed by atoms with Gasteiger partial charge in [0.25, 0.3) is 0 Å². The molecule has 0 bridgehead atoms. The maximum absolute atomic E-state index is 4.47. The normalized spacial score (nSPS) is 12.4. The van der Waals surface area contributed by atoms with Gasteiger partial charge in [0.1, 0.15) is 0 Å². The minimum absolute atomic E-state index is 0.216. The zero-order chi connectivity index (χ0) is 11.5. The zero-order valence-electron chi connectivity index (χ0n) is 9.69. The number of rotatable bonds is 3. The Hall–Kier alpha value is -1.42. The smallest absolute Gasteiger partial charge is 0.0898 e. The summed E-state index contributed by atoms with van der Waals surface area (Å²) >= 11 is 1.68. The van der Waals surface area contributed by atoms with Crippen LogP contribution in [0.5, 0.6) is 0 Å². The lowest BCUT2D eigenvalue weighted by Crippen LogP contribution is -2.08. The predicted molar refractivity (Wildman–Crippen MR) is 67.9 cm³/mol. The molecule has 1 N–H and O–H groups in total. The molecule has 0 aliphatic rings. The lowest BCUT2D eigenvalue weighted by Gasteiger charge is -2.14. The van der Waals surface area contributed by atoms with E-state index in [2.05, 4.69) is 34.5 Å². The molecule has 0 aromatic carbocycles. The van der Waals surface area contributed by atoms with Crippen LogP contribution in [0.3, 0.4) is 0 Å². The van der Waals surface area contributed by atoms with Gasteiger partial charge in [0, 0.05) is 11.6 Å². The largest absolute Gasteiger partial charge is 0.375 e. The van der Waals surface area contributed by atoms with Gasteiger partial charge in [0.15, 0.2) is 0 Å². The fraction of sp³-hybridized carbons (Fsp3) is 0.333. The van der Waals surface area contributed by atoms with E-state index in [-0.39, 0.29) is 6.04 Å². The van der Waals surface area contributed by atoms with Crippen LogP contribution < -0.4 is 5.32 Å². The van der Waals surface area contributed by atoms with Crippen LogP contribution in [-0.4, -0.2) is 9.97 Å². The third-order valence-corrected chi connectivity index (χ3v) is 3.28. The van der Waals surface area contributed by atoms with Crippen molar-refractivity contribution in [3.05, 3.63) is 40.1 Å². The second-order valence-corrected chi connectivity index (χ2v) is 4.91. The van der Waals surface area contributed by atoms with E-state index in [1.165, 1.54) is 5.56 Å². The minimum atomic E-state index is 0.216. The fourth-order valence-corrected chi connectivity index (χ4v) is 2.21. The summed E-state index contributed by atoms with van der Waals surface area (Å²) in [5.74, 6) is 0. The lowest BCUT2D eigenvalue weighted by atomic mass is 10.2. The van der Waals surface area contributed by atoms with Crippen LogP contribution in [0.15, 0.2) is 23.8 Å². The third kappa shape index (κ3) is 2.39. The number of hydrogen-bond acceptors (Lipinski definition) is 4. The second-order valence-electron chi connectivity index (χ2n) is 3.85. The van der Waals surface area contributed by atoms with Crippen molar-refractivity contribution in [1.29, 1.82) is 0 Å². The first-order chi connectivity index (χ1) is 7.66. The summed E-state index contributed by atoms with van der Waals surface area (Å²) in [4.78, 5) is 8.59. The molecule has 2 rings (SSSR count). The molecule has 0 radical (unpaired) electrons. The number of thiazole rings is 1. The Balaban J connectivity index is 2.13. The number of aryl methyl sites for hydroxylation is 2. The topological polar surface area (TPSA) is 37.8 Å². The van der Waals surface area contributed by atoms with Gasteiger partial charge in [0.2, 0.25) is 0 Å². The fourth-order valence-electron chi connectivity index (χ4n) is 1.50. The standard InChI is InChI=1S/C12H15N3S/c1-8-4-5-13-6-11(8)14-9(2)12-7-16-10(3)15-12/h4-7,9,14H,1-3H3. The summed E-state index contributed by atoms with van der Waals surface area (Å²) < 4.78 is 0. The van der Waals surface area contributed by atoms with Crippen molar-refractivity contribution in [2.24, 2.45) is 0 Å². The quantitative estimate of drug-likeness (QED) is 0.883. The molecule has 4 heteroatoms. The summed E-state index contributed by atoms with van der Waals surface area (Å²) in [5, 5.41) is 6.62. The highest BCUT2D eigenvalue weighted by molar-refractivity contribution is 7.09. The van der Waals surface area contributed by atoms with Gasteiger partial charge >= 0.3 is 0 Å². The SMILES string of the molecule is Cc1nc(C(C)Nc2cnccc2C)cs1. The van der Waals surface area contributed by atoms with E-state index in [1.54, 1.807) is 17.5 Å². The van der Waals surface area contributed by atoms with Gasteiger partial charge in [0.05, 0.1) is 28.6 Å². The van der Waals surface area contributed by atoms with Crippen molar-refractivity contribution < 1.29 is 0 Å². The number of anilines is 1. The Morgan fingerprint density at radius 3 is 2.81 bits per heavy atom. The van der Waals surface area contributed by atoms with Gasteiger partial charge in [-0.25, -0.2) is 4.98 Å². The Morgan fingerprint density at radius 1 is 1.38 bits per heavy atom. The molecule has 2 aromatic heterocycles. The number of hydrogen-bond donors (Lipinski definition) is 1. The summed E-state index contributed by atoms with van der Waals surface area (Å²) in [7, 11) is 0. The van der Waals surface area contributed by atoms with Crippen LogP contribution in [0, 0.1) is 13.8 Å². The van der Waals surface area contributed by atoms with Gasteiger partial charge in [-0.3, -0.25) is 4.98 Å². The summed E-state index contributed by atoms with van der Waals surface area (Å²) in [6.07, 6.45) is 3.66. The first-order valence-electron chi connectivity index (χ1n) is 5.26. The minimum Gasteiger partial charge on any atom is -0.375 e. The van der Waals surface area contributed by atoms with Crippen molar-refractivity contribution in [2.75, 3.05) is 5.32 Å². The number of nitrogens with zero attached hydrogens (tertiary/aromatic N) is 2. The average molecular weight is 233 g/mol. The van der Waals surface area contributed by atoms with Gasteiger partial charge < -0.3 is 5.32 Å². The Labute approximate surface area is 99.6 Å². The molecule has 0 spiro atoms. The van der Waals surface area contributed by atoms with E-state index in [0.29, 0.717) is 0 Å². The molecule has 0 aliphatic heterocycles. The maximum atomic E-state index is 4.47. The van der Waals surface area contributed by atoms with E-state index in [1.807, 2.05) is 19.2 Å². The Bertz CT molecular complexity index is 479. The van der Waals surface area contributed by atoms with Gasteiger partial charge in [-0.15, -0.1) is 11.3 Å². The summed E-state index contributed by atoms with van der Waals surface area (Å²) in [5.41, 5.74) is 3.36. The van der Waals surface area contributed by atoms with Crippen molar-refractivity contribution in [3.63, 3.8) is 0 Å². The van der Waals surface area contributed by atoms with Crippen molar-refractivity contribution >= 4 is 17.0 Å². The van der Waals surface area contributed by atoms with Crippen LogP contribution >= 0.6 is 11.3 Å². The summed E-state index contributed by atoms with van der Waals surface area (Å²) in [6.45, 7) is 6.21. The van der Waals surface area contributed by atoms with Crippen molar-refractivity contribution in [1.82, 2.24) is 9.97 Å². The molecule has 3 nitrogen and oxygen atoms in total. The molecule has 1 atom stereocenters. The van der Waals surface area contributed by atoms with Crippen LogP contribution in [0.2, 0.25) is 0 Å². The molecule has 0 saturated heterocycles. The van der Waals surface area contributed by atoms with E-state index < -0.39 is 0 Å². The van der Waals surface area contributed by atoms with Crippen molar-refractivity contribution in [2.45, 2.75) is 26.8 Å². The van der Waals surface area contributed by atoms with Gasteiger partial charge in [-0.2, -0.15) is 0 Å². The second kappa shape index (κ2) is 4.61. The first kappa shape index (κ1) is 11.1. The molecule has 2 heterocycles. The molecular weight excluding hydrogens is 218 g/mol. The first-order valence-corrected chi connectivity index (χ1v) is 6.14. The maximum Gasteiger partial charge on any atom is 0.0898 e. The van der Waals surface area contributed by atoms with E-state index in [9.17, 15) is 0 Å². The molecular formula is C12H15N3S. The molecule has 0 fully saturated rings. The van der Waals surface area contributed by atoms with E-state index >= 15 is 0 Å². The molecule has 0 aliphatic carbocycles. The predicted octanol–water partition coefficient (Wildman–Crippen LogP) is 3.33. The molecule has 0 saturated carbocycles. The molecule has 16 heavy (non-hydrogen) atoms. The zero-order valence-corrected chi connectivity index (χ0v) is 10.5. The molecule has 1 unspecified atom stereocenters. The number of nitrogens with one attached hydrogen (secondary N) is 1. The van der Waals surface area contributed by atoms with Crippen LogP contribution in [0.25, 0.3) is 0 Å². The highest BCUT2D eigenvalue weighted by Crippen LogP contribution is 2.22. The average Bonchev–Trinajstić information content (AvgIpc) is 2.68. The monoisotopic (exact) mass is 233 g/mol. The van der Waals surface area contributed by atoms with Gasteiger partial charge in [-0.1, -0.05) is 0 Å². The highest BCUT2D eigenvalue weighted by Gasteiger charge is 2.09. The van der Waals surface area contributed by atoms with Crippen molar-refractivity contribution in [3.8, 4) is 0 Å².